The van der Waals surface area contributed by atoms with Gasteiger partial charge in [-0.3, -0.25) is 4.72 Å². The summed E-state index contributed by atoms with van der Waals surface area (Å²) in [4.78, 5) is 0. The predicted molar refractivity (Wildman–Crippen MR) is 85.8 cm³/mol. The number of anilines is 1. The number of nitrogens with two attached hydrogens (primary N) is 1. The van der Waals surface area contributed by atoms with Crippen LogP contribution in [-0.2, 0) is 10.0 Å². The number of halogens is 3. The molecule has 0 spiro atoms. The quantitative estimate of drug-likeness (QED) is 0.882. The van der Waals surface area contributed by atoms with Gasteiger partial charge in [0.25, 0.3) is 0 Å². The van der Waals surface area contributed by atoms with Crippen molar-refractivity contribution in [3.8, 4) is 11.1 Å². The number of benzene rings is 2. The van der Waals surface area contributed by atoms with Crippen LogP contribution in [0, 0.1) is 0 Å². The summed E-state index contributed by atoms with van der Waals surface area (Å²) >= 11 is 0. The summed E-state index contributed by atoms with van der Waals surface area (Å²) in [5, 5.41) is 0. The van der Waals surface area contributed by atoms with E-state index >= 15 is 0 Å². The van der Waals surface area contributed by atoms with E-state index in [0.717, 1.165) is 17.5 Å². The van der Waals surface area contributed by atoms with Crippen LogP contribution < -0.4 is 10.5 Å². The highest BCUT2D eigenvalue weighted by Crippen LogP contribution is 2.39. The van der Waals surface area contributed by atoms with Crippen molar-refractivity contribution in [2.45, 2.75) is 23.9 Å². The molecular formula is C16H15F3N2O2S. The maximum absolute atomic E-state index is 12.4. The third-order valence-electron chi connectivity index (χ3n) is 3.93. The van der Waals surface area contributed by atoms with Gasteiger partial charge >= 0.3 is 15.5 Å². The lowest BCUT2D eigenvalue weighted by Gasteiger charge is -2.11. The predicted octanol–water partition coefficient (Wildman–Crippen LogP) is 3.43. The Kier molecular flexibility index (Phi) is 4.05. The molecule has 0 aliphatic heterocycles. The van der Waals surface area contributed by atoms with E-state index in [1.54, 1.807) is 10.8 Å². The minimum absolute atomic E-state index is 0.141. The lowest BCUT2D eigenvalue weighted by atomic mass is 10.0. The lowest BCUT2D eigenvalue weighted by molar-refractivity contribution is -0.0429. The normalized spacial score (nSPS) is 20.7. The van der Waals surface area contributed by atoms with Gasteiger partial charge in [-0.1, -0.05) is 36.4 Å². The maximum atomic E-state index is 12.4. The molecule has 1 fully saturated rings. The van der Waals surface area contributed by atoms with E-state index in [4.69, 9.17) is 5.73 Å². The van der Waals surface area contributed by atoms with Crippen molar-refractivity contribution in [2.75, 3.05) is 4.72 Å². The van der Waals surface area contributed by atoms with Crippen LogP contribution >= 0.6 is 0 Å². The summed E-state index contributed by atoms with van der Waals surface area (Å²) in [6, 6.07) is 13.6. The van der Waals surface area contributed by atoms with E-state index in [2.05, 4.69) is 0 Å². The van der Waals surface area contributed by atoms with Crippen LogP contribution in [0.2, 0.25) is 0 Å². The van der Waals surface area contributed by atoms with Crippen LogP contribution in [-0.4, -0.2) is 20.0 Å². The zero-order chi connectivity index (χ0) is 17.5. The second-order valence-electron chi connectivity index (χ2n) is 5.76. The number of hydrogen-bond donors (Lipinski definition) is 2. The molecule has 2 aromatic carbocycles. The van der Waals surface area contributed by atoms with Gasteiger partial charge in [0.05, 0.1) is 0 Å². The Morgan fingerprint density at radius 2 is 1.67 bits per heavy atom. The molecule has 3 rings (SSSR count). The van der Waals surface area contributed by atoms with E-state index in [-0.39, 0.29) is 11.7 Å². The molecule has 1 aliphatic rings. The fourth-order valence-electron chi connectivity index (χ4n) is 2.50. The van der Waals surface area contributed by atoms with Crippen molar-refractivity contribution in [1.82, 2.24) is 0 Å². The topological polar surface area (TPSA) is 72.2 Å². The maximum Gasteiger partial charge on any atom is 0.516 e. The number of sulfonamides is 1. The number of hydrogen-bond acceptors (Lipinski definition) is 3. The highest BCUT2D eigenvalue weighted by molar-refractivity contribution is 7.93. The largest absolute Gasteiger partial charge is 0.516 e. The smallest absolute Gasteiger partial charge is 0.327 e. The molecule has 8 heteroatoms. The first-order chi connectivity index (χ1) is 11.2. The van der Waals surface area contributed by atoms with Crippen molar-refractivity contribution in [1.29, 1.82) is 0 Å². The van der Waals surface area contributed by atoms with Crippen LogP contribution in [0.3, 0.4) is 0 Å². The van der Waals surface area contributed by atoms with Crippen LogP contribution in [0.4, 0.5) is 18.9 Å². The second-order valence-corrected chi connectivity index (χ2v) is 7.43. The van der Waals surface area contributed by atoms with Crippen molar-refractivity contribution in [2.24, 2.45) is 5.73 Å². The van der Waals surface area contributed by atoms with Crippen molar-refractivity contribution in [3.63, 3.8) is 0 Å². The summed E-state index contributed by atoms with van der Waals surface area (Å²) in [6.07, 6.45) is 0.952. The molecule has 0 bridgehead atoms. The third-order valence-corrected chi connectivity index (χ3v) is 5.05. The summed E-state index contributed by atoms with van der Waals surface area (Å²) in [5.41, 5.74) is 2.83. The minimum atomic E-state index is -5.43. The highest BCUT2D eigenvalue weighted by Gasteiger charge is 2.46. The number of nitrogens with one attached hydrogen (secondary N) is 1. The van der Waals surface area contributed by atoms with E-state index < -0.39 is 15.5 Å². The minimum Gasteiger partial charge on any atom is -0.327 e. The zero-order valence-corrected chi connectivity index (χ0v) is 13.2. The van der Waals surface area contributed by atoms with E-state index in [1.807, 2.05) is 24.3 Å². The molecule has 1 saturated carbocycles. The van der Waals surface area contributed by atoms with Gasteiger partial charge in [0.2, 0.25) is 0 Å². The van der Waals surface area contributed by atoms with Gasteiger partial charge in [-0.15, -0.1) is 0 Å². The van der Waals surface area contributed by atoms with E-state index in [0.29, 0.717) is 11.5 Å². The molecule has 1 aliphatic carbocycles. The van der Waals surface area contributed by atoms with Crippen LogP contribution in [0.1, 0.15) is 17.9 Å². The molecule has 0 amide bonds. The average molecular weight is 356 g/mol. The van der Waals surface area contributed by atoms with Crippen LogP contribution in [0.15, 0.2) is 48.5 Å². The lowest BCUT2D eigenvalue weighted by Crippen LogP contribution is -2.29. The first-order valence-electron chi connectivity index (χ1n) is 7.22. The summed E-state index contributed by atoms with van der Waals surface area (Å²) in [7, 11) is -5.43. The third kappa shape index (κ3) is 3.39. The Morgan fingerprint density at radius 1 is 1.04 bits per heavy atom. The second kappa shape index (κ2) is 5.78. The molecule has 0 saturated heterocycles. The van der Waals surface area contributed by atoms with Gasteiger partial charge in [0.1, 0.15) is 0 Å². The summed E-state index contributed by atoms with van der Waals surface area (Å²) in [5.74, 6) is 0.365. The summed E-state index contributed by atoms with van der Waals surface area (Å²) < 4.78 is 61.2. The number of rotatable bonds is 4. The first kappa shape index (κ1) is 16.8. The van der Waals surface area contributed by atoms with Gasteiger partial charge in [-0.05, 0) is 35.2 Å². The van der Waals surface area contributed by atoms with Crippen molar-refractivity contribution < 1.29 is 21.6 Å². The fourth-order valence-corrected chi connectivity index (χ4v) is 3.05. The van der Waals surface area contributed by atoms with Gasteiger partial charge in [0, 0.05) is 17.6 Å². The Labute approximate surface area is 137 Å². The van der Waals surface area contributed by atoms with Crippen LogP contribution in [0.5, 0.6) is 0 Å². The zero-order valence-electron chi connectivity index (χ0n) is 12.4. The van der Waals surface area contributed by atoms with Gasteiger partial charge in [-0.2, -0.15) is 21.6 Å². The first-order valence-corrected chi connectivity index (χ1v) is 8.71. The van der Waals surface area contributed by atoms with E-state index in [9.17, 15) is 21.6 Å². The molecule has 0 heterocycles. The van der Waals surface area contributed by atoms with Gasteiger partial charge in [0.15, 0.2) is 0 Å². The Bertz CT molecular complexity index is 848. The molecular weight excluding hydrogens is 341 g/mol. The molecule has 2 aromatic rings. The van der Waals surface area contributed by atoms with Crippen LogP contribution in [0.25, 0.3) is 11.1 Å². The molecule has 0 radical (unpaired) electrons. The SMILES string of the molecule is N[C@H]1C[C@@H]1c1ccc(-c2cccc(NS(=O)(=O)C(F)(F)F)c2)cc1. The fraction of sp³-hybridized carbons (Fsp3) is 0.250. The number of alkyl halides is 3. The van der Waals surface area contributed by atoms with Crippen molar-refractivity contribution in [3.05, 3.63) is 54.1 Å². The highest BCUT2D eigenvalue weighted by atomic mass is 32.2. The van der Waals surface area contributed by atoms with Gasteiger partial charge < -0.3 is 5.73 Å². The molecule has 3 N–H and O–H groups in total. The Hall–Kier alpha value is -2.06. The molecule has 4 nitrogen and oxygen atoms in total. The summed E-state index contributed by atoms with van der Waals surface area (Å²) in [6.45, 7) is 0. The standard InChI is InChI=1S/C16H15F3N2O2S/c17-16(18,19)24(22,23)21-13-3-1-2-12(8-13)10-4-6-11(7-5-10)14-9-15(14)20/h1-8,14-15,21H,9,20H2/t14-,15+/m1/s1. The van der Waals surface area contributed by atoms with Crippen molar-refractivity contribution >= 4 is 15.7 Å². The molecule has 0 unspecified atom stereocenters. The molecule has 128 valence electrons. The monoisotopic (exact) mass is 356 g/mol. The average Bonchev–Trinajstić information content (AvgIpc) is 3.23. The molecule has 2 atom stereocenters. The Morgan fingerprint density at radius 3 is 2.21 bits per heavy atom. The van der Waals surface area contributed by atoms with E-state index in [1.165, 1.54) is 18.2 Å². The van der Waals surface area contributed by atoms with Gasteiger partial charge in [-0.25, -0.2) is 0 Å². The Balaban J connectivity index is 1.83. The molecule has 0 aromatic heterocycles. The molecule has 24 heavy (non-hydrogen) atoms.